The highest BCUT2D eigenvalue weighted by molar-refractivity contribution is 6.01. The van der Waals surface area contributed by atoms with Gasteiger partial charge in [-0.05, 0) is 44.1 Å². The SMILES string of the molecule is O=C(O)C(F)(F)F.O=C1COc2ccc(C3(O)c4ccccc4C(=O)N3C3CCNCC3)cc2N1. The maximum atomic E-state index is 13.3. The van der Waals surface area contributed by atoms with Gasteiger partial charge in [0.1, 0.15) is 5.75 Å². The number of aliphatic carboxylic acids is 1. The highest BCUT2D eigenvalue weighted by Gasteiger charge is 2.52. The Hall–Kier alpha value is -3.64. The Morgan fingerprint density at radius 1 is 1.11 bits per heavy atom. The summed E-state index contributed by atoms with van der Waals surface area (Å²) in [6.07, 6.45) is -3.54. The van der Waals surface area contributed by atoms with Crippen molar-refractivity contribution < 1.29 is 42.5 Å². The molecule has 3 aliphatic heterocycles. The van der Waals surface area contributed by atoms with E-state index in [0.717, 1.165) is 25.9 Å². The number of hydrogen-bond acceptors (Lipinski definition) is 6. The molecule has 2 aromatic carbocycles. The number of hydrogen-bond donors (Lipinski definition) is 4. The van der Waals surface area contributed by atoms with Gasteiger partial charge in [-0.3, -0.25) is 14.5 Å². The zero-order valence-corrected chi connectivity index (χ0v) is 18.3. The van der Waals surface area contributed by atoms with E-state index in [1.165, 1.54) is 0 Å². The lowest BCUT2D eigenvalue weighted by molar-refractivity contribution is -0.192. The van der Waals surface area contributed by atoms with Crippen LogP contribution in [0.15, 0.2) is 42.5 Å². The molecule has 2 amide bonds. The topological polar surface area (TPSA) is 128 Å². The van der Waals surface area contributed by atoms with E-state index in [-0.39, 0.29) is 24.5 Å². The van der Waals surface area contributed by atoms with Crippen LogP contribution in [0.5, 0.6) is 5.75 Å². The first kappa shape index (κ1) is 24.5. The molecule has 2 aromatic rings. The van der Waals surface area contributed by atoms with Crippen molar-refractivity contribution in [1.29, 1.82) is 0 Å². The second-order valence-electron chi connectivity index (χ2n) is 8.22. The number of carboxylic acids is 1. The van der Waals surface area contributed by atoms with Crippen LogP contribution in [-0.4, -0.2) is 64.8 Å². The zero-order valence-electron chi connectivity index (χ0n) is 18.3. The van der Waals surface area contributed by atoms with Crippen molar-refractivity contribution >= 4 is 23.5 Å². The Morgan fingerprint density at radius 3 is 2.43 bits per heavy atom. The van der Waals surface area contributed by atoms with E-state index in [9.17, 15) is 27.9 Å². The van der Waals surface area contributed by atoms with Crippen LogP contribution >= 0.6 is 0 Å². The average molecular weight is 493 g/mol. The van der Waals surface area contributed by atoms with Gasteiger partial charge >= 0.3 is 12.1 Å². The average Bonchev–Trinajstić information content (AvgIpc) is 3.06. The third-order valence-corrected chi connectivity index (χ3v) is 6.03. The molecule has 1 fully saturated rings. The predicted octanol–water partition coefficient (Wildman–Crippen LogP) is 2.05. The fraction of sp³-hybridized carbons (Fsp3) is 0.348. The molecule has 1 atom stereocenters. The number of carbonyl (C=O) groups is 3. The second kappa shape index (κ2) is 9.19. The highest BCUT2D eigenvalue weighted by atomic mass is 19.4. The van der Waals surface area contributed by atoms with Crippen molar-refractivity contribution in [3.05, 3.63) is 59.2 Å². The number of rotatable bonds is 2. The number of amides is 2. The van der Waals surface area contributed by atoms with Crippen LogP contribution in [-0.2, 0) is 15.3 Å². The largest absolute Gasteiger partial charge is 0.490 e. The molecule has 3 aliphatic rings. The van der Waals surface area contributed by atoms with Gasteiger partial charge in [0.25, 0.3) is 11.8 Å². The van der Waals surface area contributed by atoms with Gasteiger partial charge < -0.3 is 25.6 Å². The fourth-order valence-corrected chi connectivity index (χ4v) is 4.47. The van der Waals surface area contributed by atoms with E-state index in [4.69, 9.17) is 14.6 Å². The van der Waals surface area contributed by atoms with Gasteiger partial charge in [-0.2, -0.15) is 13.2 Å². The number of fused-ring (bicyclic) bond motifs is 2. The summed E-state index contributed by atoms with van der Waals surface area (Å²) in [7, 11) is 0. The first-order valence-corrected chi connectivity index (χ1v) is 10.8. The van der Waals surface area contributed by atoms with Crippen LogP contribution in [0, 0.1) is 0 Å². The molecule has 0 aliphatic carbocycles. The molecule has 35 heavy (non-hydrogen) atoms. The van der Waals surface area contributed by atoms with Crippen LogP contribution in [0.3, 0.4) is 0 Å². The minimum atomic E-state index is -5.08. The highest BCUT2D eigenvalue weighted by Crippen LogP contribution is 2.46. The monoisotopic (exact) mass is 493 g/mol. The number of alkyl halides is 3. The molecule has 12 heteroatoms. The standard InChI is InChI=1S/C21H21N3O4.C2HF3O2/c25-19-12-28-18-6-5-13(11-17(18)23-19)21(27)16-4-2-1-3-15(16)20(26)24(21)14-7-9-22-10-8-14;3-2(4,5)1(6)7/h1-6,11,14,22,27H,7-10,12H2,(H,23,25);(H,6,7). The van der Waals surface area contributed by atoms with Crippen LogP contribution in [0.2, 0.25) is 0 Å². The van der Waals surface area contributed by atoms with Gasteiger partial charge in [0.15, 0.2) is 12.3 Å². The molecule has 1 unspecified atom stereocenters. The minimum absolute atomic E-state index is 0.0286. The third-order valence-electron chi connectivity index (χ3n) is 6.03. The maximum absolute atomic E-state index is 13.3. The normalized spacial score (nSPS) is 21.8. The van der Waals surface area contributed by atoms with Crippen LogP contribution < -0.4 is 15.4 Å². The molecular formula is C23H22F3N3O6. The summed E-state index contributed by atoms with van der Waals surface area (Å²) in [5.41, 5.74) is 0.536. The Morgan fingerprint density at radius 2 is 1.77 bits per heavy atom. The molecule has 0 spiro atoms. The van der Waals surface area contributed by atoms with Crippen LogP contribution in [0.1, 0.15) is 34.3 Å². The number of ether oxygens (including phenoxy) is 1. The molecule has 5 rings (SSSR count). The van der Waals surface area contributed by atoms with Crippen molar-refractivity contribution in [2.24, 2.45) is 0 Å². The molecule has 1 saturated heterocycles. The van der Waals surface area contributed by atoms with Crippen molar-refractivity contribution in [1.82, 2.24) is 10.2 Å². The molecule has 0 aromatic heterocycles. The number of aliphatic hydroxyl groups is 1. The number of nitrogens with zero attached hydrogens (tertiary/aromatic N) is 1. The number of piperidine rings is 1. The van der Waals surface area contributed by atoms with Crippen molar-refractivity contribution in [3.63, 3.8) is 0 Å². The molecule has 3 heterocycles. The Bertz CT molecular complexity index is 1170. The molecule has 0 radical (unpaired) electrons. The summed E-state index contributed by atoms with van der Waals surface area (Å²) >= 11 is 0. The number of carboxylic acid groups (broad SMARTS) is 1. The van der Waals surface area contributed by atoms with Gasteiger partial charge in [-0.15, -0.1) is 0 Å². The summed E-state index contributed by atoms with van der Waals surface area (Å²) < 4.78 is 37.2. The fourth-order valence-electron chi connectivity index (χ4n) is 4.47. The molecule has 0 bridgehead atoms. The van der Waals surface area contributed by atoms with E-state index in [1.54, 1.807) is 35.2 Å². The van der Waals surface area contributed by atoms with Gasteiger partial charge in [-0.1, -0.05) is 24.3 Å². The number of nitrogens with one attached hydrogen (secondary N) is 2. The van der Waals surface area contributed by atoms with Gasteiger partial charge in [0, 0.05) is 22.7 Å². The lowest BCUT2D eigenvalue weighted by atomic mass is 9.91. The first-order chi connectivity index (χ1) is 16.5. The molecule has 4 N–H and O–H groups in total. The van der Waals surface area contributed by atoms with Crippen molar-refractivity contribution in [2.75, 3.05) is 25.0 Å². The quantitative estimate of drug-likeness (QED) is 0.504. The summed E-state index contributed by atoms with van der Waals surface area (Å²) in [5.74, 6) is -2.61. The number of anilines is 1. The minimum Gasteiger partial charge on any atom is -0.482 e. The number of benzene rings is 2. The van der Waals surface area contributed by atoms with E-state index in [1.807, 2.05) is 12.1 Å². The summed E-state index contributed by atoms with van der Waals surface area (Å²) in [6, 6.07) is 12.3. The van der Waals surface area contributed by atoms with Crippen LogP contribution in [0.25, 0.3) is 0 Å². The summed E-state index contributed by atoms with van der Waals surface area (Å²) in [6.45, 7) is 1.57. The van der Waals surface area contributed by atoms with E-state index >= 15 is 0 Å². The second-order valence-corrected chi connectivity index (χ2v) is 8.22. The van der Waals surface area contributed by atoms with E-state index in [2.05, 4.69) is 10.6 Å². The van der Waals surface area contributed by atoms with Gasteiger partial charge in [-0.25, -0.2) is 4.79 Å². The molecular weight excluding hydrogens is 471 g/mol. The maximum Gasteiger partial charge on any atom is 0.490 e. The third kappa shape index (κ3) is 4.54. The smallest absolute Gasteiger partial charge is 0.482 e. The van der Waals surface area contributed by atoms with Gasteiger partial charge in [0.2, 0.25) is 0 Å². The van der Waals surface area contributed by atoms with Gasteiger partial charge in [0.05, 0.1) is 5.69 Å². The Balaban J connectivity index is 0.000000364. The first-order valence-electron chi connectivity index (χ1n) is 10.8. The summed E-state index contributed by atoms with van der Waals surface area (Å²) in [4.78, 5) is 35.5. The lowest BCUT2D eigenvalue weighted by Crippen LogP contribution is -2.53. The zero-order chi connectivity index (χ0) is 25.4. The summed E-state index contributed by atoms with van der Waals surface area (Å²) in [5, 5.41) is 25.2. The van der Waals surface area contributed by atoms with Crippen molar-refractivity contribution in [2.45, 2.75) is 30.8 Å². The van der Waals surface area contributed by atoms with E-state index < -0.39 is 17.9 Å². The molecule has 186 valence electrons. The Labute approximate surface area is 197 Å². The van der Waals surface area contributed by atoms with Crippen molar-refractivity contribution in [3.8, 4) is 5.75 Å². The Kier molecular flexibility index (Phi) is 6.43. The number of carbonyl (C=O) groups excluding carboxylic acids is 2. The molecule has 9 nitrogen and oxygen atoms in total. The number of halogens is 3. The predicted molar refractivity (Wildman–Crippen MR) is 116 cm³/mol. The molecule has 0 saturated carbocycles. The van der Waals surface area contributed by atoms with Crippen LogP contribution in [0.4, 0.5) is 18.9 Å². The van der Waals surface area contributed by atoms with E-state index in [0.29, 0.717) is 28.1 Å². The lowest BCUT2D eigenvalue weighted by Gasteiger charge is -2.42.